The Labute approximate surface area is 148 Å². The van der Waals surface area contributed by atoms with Crippen LogP contribution in [0.3, 0.4) is 0 Å². The number of ether oxygens (including phenoxy) is 1. The normalized spacial score (nSPS) is 17.8. The summed E-state index contributed by atoms with van der Waals surface area (Å²) in [5.74, 6) is 0.889. The van der Waals surface area contributed by atoms with Crippen LogP contribution in [0.5, 0.6) is 5.75 Å². The second-order valence-corrected chi connectivity index (χ2v) is 10.4. The van der Waals surface area contributed by atoms with E-state index in [-0.39, 0.29) is 17.2 Å². The van der Waals surface area contributed by atoms with E-state index in [1.807, 2.05) is 0 Å². The number of rotatable bonds is 5. The number of hydrogen-bond donors (Lipinski definition) is 1. The molecular weight excluding hydrogens is 348 g/mol. The fourth-order valence-corrected chi connectivity index (χ4v) is 4.03. The quantitative estimate of drug-likeness (QED) is 0.799. The smallest absolute Gasteiger partial charge is 0.263 e. The molecule has 0 saturated carbocycles. The minimum Gasteiger partial charge on any atom is -0.476 e. The molecule has 1 heterocycles. The van der Waals surface area contributed by atoms with Gasteiger partial charge in [-0.3, -0.25) is 9.10 Å². The number of anilines is 1. The van der Waals surface area contributed by atoms with Crippen molar-refractivity contribution >= 4 is 33.4 Å². The number of sulfonamides is 1. The average molecular weight is 373 g/mol. The van der Waals surface area contributed by atoms with Crippen molar-refractivity contribution in [3.63, 3.8) is 0 Å². The number of fused-ring (bicyclic) bond motifs is 1. The molecule has 1 N–H and O–H groups in total. The van der Waals surface area contributed by atoms with Gasteiger partial charge < -0.3 is 10.1 Å². The largest absolute Gasteiger partial charge is 0.476 e. The Morgan fingerprint density at radius 2 is 2.04 bits per heavy atom. The van der Waals surface area contributed by atoms with Gasteiger partial charge in [0.05, 0.1) is 18.5 Å². The highest BCUT2D eigenvalue weighted by Crippen LogP contribution is 2.34. The van der Waals surface area contributed by atoms with E-state index in [1.165, 1.54) is 4.31 Å². The van der Waals surface area contributed by atoms with Crippen molar-refractivity contribution in [1.82, 2.24) is 5.32 Å². The summed E-state index contributed by atoms with van der Waals surface area (Å²) >= 11 is 1.75. The van der Waals surface area contributed by atoms with Crippen molar-refractivity contribution in [2.24, 2.45) is 0 Å². The van der Waals surface area contributed by atoms with E-state index in [1.54, 1.807) is 36.0 Å². The Morgan fingerprint density at radius 1 is 1.38 bits per heavy atom. The lowest BCUT2D eigenvalue weighted by atomic mass is 10.2. The third kappa shape index (κ3) is 5.04. The molecule has 0 radical (unpaired) electrons. The third-order valence-electron chi connectivity index (χ3n) is 3.36. The van der Waals surface area contributed by atoms with Gasteiger partial charge in [0.1, 0.15) is 5.75 Å². The molecule has 24 heavy (non-hydrogen) atoms. The van der Waals surface area contributed by atoms with Crippen molar-refractivity contribution in [2.45, 2.75) is 31.6 Å². The number of hydrogen-bond acceptors (Lipinski definition) is 5. The van der Waals surface area contributed by atoms with Crippen LogP contribution in [0, 0.1) is 0 Å². The number of nitrogens with zero attached hydrogens (tertiary/aromatic N) is 1. The molecule has 0 fully saturated rings. The van der Waals surface area contributed by atoms with Gasteiger partial charge in [-0.15, -0.1) is 0 Å². The molecular formula is C16H24N2O4S2. The highest BCUT2D eigenvalue weighted by Gasteiger charge is 2.34. The zero-order valence-corrected chi connectivity index (χ0v) is 16.0. The molecule has 0 saturated heterocycles. The Morgan fingerprint density at radius 3 is 2.67 bits per heavy atom. The summed E-state index contributed by atoms with van der Waals surface area (Å²) in [5.41, 5.74) is 0.465. The Kier molecular flexibility index (Phi) is 5.70. The molecule has 0 aromatic heterocycles. The Hall–Kier alpha value is -1.41. The first-order valence-corrected chi connectivity index (χ1v) is 10.6. The summed E-state index contributed by atoms with van der Waals surface area (Å²) in [4.78, 5) is 12.3. The SMILES string of the molecule is CC(C)(C)SCCNC(=O)[C@@H]1CN(S(C)(=O)=O)c2ccccc2O1. The first-order chi connectivity index (χ1) is 11.1. The molecule has 1 atom stereocenters. The van der Waals surface area contributed by atoms with Crippen LogP contribution in [0.2, 0.25) is 0 Å². The number of amides is 1. The zero-order valence-electron chi connectivity index (χ0n) is 14.4. The second-order valence-electron chi connectivity index (χ2n) is 6.62. The number of carbonyl (C=O) groups excluding carboxylic acids is 1. The van der Waals surface area contributed by atoms with Crippen molar-refractivity contribution in [3.8, 4) is 5.75 Å². The highest BCUT2D eigenvalue weighted by molar-refractivity contribution is 8.00. The average Bonchev–Trinajstić information content (AvgIpc) is 2.48. The van der Waals surface area contributed by atoms with Gasteiger partial charge in [-0.05, 0) is 12.1 Å². The maximum Gasteiger partial charge on any atom is 0.263 e. The predicted octanol–water partition coefficient (Wildman–Crippen LogP) is 1.86. The van der Waals surface area contributed by atoms with Crippen LogP contribution in [0.25, 0.3) is 0 Å². The second kappa shape index (κ2) is 7.23. The number of benzene rings is 1. The summed E-state index contributed by atoms with van der Waals surface area (Å²) in [6.45, 7) is 6.84. The predicted molar refractivity (Wildman–Crippen MR) is 98.3 cm³/mol. The first-order valence-electron chi connectivity index (χ1n) is 7.73. The molecule has 8 heteroatoms. The first kappa shape index (κ1) is 18.9. The van der Waals surface area contributed by atoms with Crippen LogP contribution in [0.15, 0.2) is 24.3 Å². The van der Waals surface area contributed by atoms with Crippen molar-refractivity contribution in [3.05, 3.63) is 24.3 Å². The van der Waals surface area contributed by atoms with Crippen LogP contribution in [0.1, 0.15) is 20.8 Å². The van der Waals surface area contributed by atoms with E-state index in [9.17, 15) is 13.2 Å². The maximum absolute atomic E-state index is 12.3. The van der Waals surface area contributed by atoms with Crippen LogP contribution in [-0.2, 0) is 14.8 Å². The molecule has 1 amide bonds. The number of nitrogens with one attached hydrogen (secondary N) is 1. The molecule has 0 spiro atoms. The minimum atomic E-state index is -3.48. The fraction of sp³-hybridized carbons (Fsp3) is 0.562. The van der Waals surface area contributed by atoms with Gasteiger partial charge in [0.2, 0.25) is 10.0 Å². The molecule has 1 aliphatic heterocycles. The van der Waals surface area contributed by atoms with E-state index in [0.717, 1.165) is 12.0 Å². The maximum atomic E-state index is 12.3. The lowest BCUT2D eigenvalue weighted by Crippen LogP contribution is -2.50. The standard InChI is InChI=1S/C16H24N2O4S2/c1-16(2,3)23-10-9-17-15(19)14-11-18(24(4,20)21)12-7-5-6-8-13(12)22-14/h5-8,14H,9-11H2,1-4H3,(H,17,19)/t14-/m0/s1. The van der Waals surface area contributed by atoms with Crippen molar-refractivity contribution < 1.29 is 17.9 Å². The molecule has 134 valence electrons. The number of para-hydroxylation sites is 2. The van der Waals surface area contributed by atoms with Gasteiger partial charge in [0.25, 0.3) is 5.91 Å². The van der Waals surface area contributed by atoms with Crippen molar-refractivity contribution in [1.29, 1.82) is 0 Å². The number of carbonyl (C=O) groups is 1. The summed E-state index contributed by atoms with van der Waals surface area (Å²) < 4.78 is 31.1. The summed E-state index contributed by atoms with van der Waals surface area (Å²) in [6.07, 6.45) is 0.276. The molecule has 1 aromatic rings. The molecule has 0 bridgehead atoms. The van der Waals surface area contributed by atoms with Crippen LogP contribution in [0.4, 0.5) is 5.69 Å². The van der Waals surface area contributed by atoms with E-state index in [2.05, 4.69) is 26.1 Å². The molecule has 0 aliphatic carbocycles. The van der Waals surface area contributed by atoms with Crippen LogP contribution >= 0.6 is 11.8 Å². The van der Waals surface area contributed by atoms with Gasteiger partial charge in [-0.25, -0.2) is 8.42 Å². The van der Waals surface area contributed by atoms with Gasteiger partial charge in [0, 0.05) is 17.0 Å². The summed E-state index contributed by atoms with van der Waals surface area (Å²) in [5, 5.41) is 2.82. The Balaban J connectivity index is 2.03. The lowest BCUT2D eigenvalue weighted by molar-refractivity contribution is -0.127. The van der Waals surface area contributed by atoms with Crippen LogP contribution < -0.4 is 14.4 Å². The molecule has 0 unspecified atom stereocenters. The van der Waals surface area contributed by atoms with Gasteiger partial charge in [-0.2, -0.15) is 11.8 Å². The summed E-state index contributed by atoms with van der Waals surface area (Å²) in [6, 6.07) is 6.83. The highest BCUT2D eigenvalue weighted by atomic mass is 32.2. The van der Waals surface area contributed by atoms with Gasteiger partial charge >= 0.3 is 0 Å². The fourth-order valence-electron chi connectivity index (χ4n) is 2.30. The van der Waals surface area contributed by atoms with Crippen molar-refractivity contribution in [2.75, 3.05) is 29.4 Å². The molecule has 1 aromatic carbocycles. The van der Waals surface area contributed by atoms with E-state index in [4.69, 9.17) is 4.74 Å². The van der Waals surface area contributed by atoms with E-state index < -0.39 is 16.1 Å². The monoisotopic (exact) mass is 372 g/mol. The summed E-state index contributed by atoms with van der Waals surface area (Å²) in [7, 11) is -3.48. The molecule has 6 nitrogen and oxygen atoms in total. The van der Waals surface area contributed by atoms with Gasteiger partial charge in [-0.1, -0.05) is 32.9 Å². The minimum absolute atomic E-state index is 0.0197. The van der Waals surface area contributed by atoms with E-state index in [0.29, 0.717) is 18.0 Å². The lowest BCUT2D eigenvalue weighted by Gasteiger charge is -2.33. The molecule has 2 rings (SSSR count). The molecule has 1 aliphatic rings. The van der Waals surface area contributed by atoms with E-state index >= 15 is 0 Å². The Bertz CT molecular complexity index is 698. The third-order valence-corrected chi connectivity index (χ3v) is 5.78. The number of thioether (sulfide) groups is 1. The topological polar surface area (TPSA) is 75.7 Å². The zero-order chi connectivity index (χ0) is 18.0. The van der Waals surface area contributed by atoms with Crippen LogP contribution in [-0.4, -0.2) is 50.3 Å². The van der Waals surface area contributed by atoms with Gasteiger partial charge in [0.15, 0.2) is 6.10 Å².